The van der Waals surface area contributed by atoms with Crippen LogP contribution < -0.4 is 28.3 Å². The van der Waals surface area contributed by atoms with Crippen LogP contribution in [-0.4, -0.2) is 145 Å². The van der Waals surface area contributed by atoms with Gasteiger partial charge in [-0.3, -0.25) is 0 Å². The molecule has 0 amide bonds. The van der Waals surface area contributed by atoms with Gasteiger partial charge >= 0.3 is 42.7 Å². The summed E-state index contributed by atoms with van der Waals surface area (Å²) in [5, 5.41) is 37.5. The molecule has 16 rings (SSSR count). The molecule has 20 nitrogen and oxygen atoms in total. The van der Waals surface area contributed by atoms with Crippen LogP contribution in [-0.2, 0) is 37.9 Å². The molecule has 22 heteroatoms. The summed E-state index contributed by atoms with van der Waals surface area (Å²) in [5.41, 5.74) is 9.67. The molecule has 3 unspecified atom stereocenters. The van der Waals surface area contributed by atoms with E-state index < -0.39 is 17.9 Å². The summed E-state index contributed by atoms with van der Waals surface area (Å²) in [6, 6.07) is 20.2. The van der Waals surface area contributed by atoms with E-state index in [1.54, 1.807) is 31.2 Å². The standard InChI is InChI=1S/C31H44O5.C30H42O5.C22H35BrO2.C9H10O3.C8H8O3.Li.2H2O/c1-20-10-12-23(28(32)33-5)25(18-20)34-17-15-24-21(2)11-13-26-30(24,3)16-14-27-31(26,4)19-35-29(36-27)22-8-6-7-9-22;1-19-9-11-22(27(31)32)24(17-19)33-16-14-23-20(2)10-12-25-29(23,3)15-13-26-30(25,4)18-34-28(35-26)21-7-5-6-8-21;1-15-8-9-18-21(2,17(15)11-13-23)12-10-19-22(18,3)14-24-20(25-19)16-6-4-5-7-16;1-6-3-4-7(8(10)5-6)9(11)12-2;1-5-2-3-6(8(10)11)7(9)4-5;;;/h10,12,18,22,24,26-27,29H,2,6-9,11,13-17,19H2,1,3-5H3;9,11,17,21,23,25-26,28H,2,5-8,10,12-16,18H2,1,3-4H3,(H,31,32);16-20H,1,4-14H2,2-3H3;3-5,10H,1-2H3;2-4,9H,1H3,(H,10,11);;2*1H2/q;;;;;+1;;/p-1/t24-,26?,27-,29-,30+,31+;23-,25?,26-,28-,29+,30+;17-,18?,19-,20-,21+,22+;;;;;/m111...../s1. The second kappa shape index (κ2) is 42.7. The van der Waals surface area contributed by atoms with E-state index in [4.69, 9.17) is 52.8 Å². The molecule has 4 aromatic carbocycles. The molecule has 12 fully saturated rings. The van der Waals surface area contributed by atoms with E-state index in [0.29, 0.717) is 95.1 Å². The van der Waals surface area contributed by atoms with Gasteiger partial charge in [-0.15, -0.1) is 0 Å². The maximum Gasteiger partial charge on any atom is 1.00 e. The van der Waals surface area contributed by atoms with Crippen LogP contribution in [0.2, 0.25) is 0 Å². The van der Waals surface area contributed by atoms with Gasteiger partial charge in [0.2, 0.25) is 0 Å². The van der Waals surface area contributed by atoms with Gasteiger partial charge in [0.1, 0.15) is 45.3 Å². The second-order valence-corrected chi connectivity index (χ2v) is 39.8. The van der Waals surface area contributed by atoms with Gasteiger partial charge in [-0.25, -0.2) is 19.2 Å². The summed E-state index contributed by atoms with van der Waals surface area (Å²) in [5.74, 6) is 2.82. The first-order valence-electron chi connectivity index (χ1n) is 44.8. The Bertz CT molecular complexity index is 4240. The fourth-order valence-electron chi connectivity index (χ4n) is 25.0. The number of hydrogen-bond donors (Lipinski definition) is 4. The number of phenols is 2. The second-order valence-electron chi connectivity index (χ2n) is 39.0. The molecule has 7 N–H and O–H groups in total. The molecule has 12 aliphatic rings. The molecular weight excluding hydrogens is 1610 g/mol. The van der Waals surface area contributed by atoms with Crippen molar-refractivity contribution in [2.45, 2.75) is 280 Å². The van der Waals surface area contributed by atoms with Crippen LogP contribution in [0.5, 0.6) is 23.0 Å². The number of ether oxygens (including phenoxy) is 10. The Kier molecular flexibility index (Phi) is 34.9. The zero-order valence-corrected chi connectivity index (χ0v) is 77.0. The zero-order valence-electron chi connectivity index (χ0n) is 75.4. The Morgan fingerprint density at radius 1 is 0.426 bits per heavy atom. The van der Waals surface area contributed by atoms with Crippen LogP contribution in [0.3, 0.4) is 0 Å². The quantitative estimate of drug-likeness (QED) is 0.0330. The summed E-state index contributed by atoms with van der Waals surface area (Å²) in [6.07, 6.45) is 33.2. The molecule has 0 bridgehead atoms. The molecular formula is C100H142BrLiO20. The monoisotopic (exact) mass is 1750 g/mol. The maximum atomic E-state index is 12.2. The van der Waals surface area contributed by atoms with Crippen LogP contribution in [0.4, 0.5) is 0 Å². The number of phenolic OH excluding ortho intramolecular Hbond substituents is 1. The number of carboxylic acids is 2. The van der Waals surface area contributed by atoms with Gasteiger partial charge in [-0.2, -0.15) is 0 Å². The van der Waals surface area contributed by atoms with Crippen LogP contribution >= 0.6 is 15.9 Å². The van der Waals surface area contributed by atoms with E-state index in [9.17, 15) is 29.4 Å². The van der Waals surface area contributed by atoms with Crippen molar-refractivity contribution in [3.8, 4) is 23.0 Å². The minimum atomic E-state index is -1.11. The molecule has 9 saturated carbocycles. The van der Waals surface area contributed by atoms with Crippen molar-refractivity contribution >= 4 is 39.8 Å². The maximum absolute atomic E-state index is 12.2. The van der Waals surface area contributed by atoms with Crippen LogP contribution in [0.15, 0.2) is 109 Å². The first-order chi connectivity index (χ1) is 56.7. The van der Waals surface area contributed by atoms with E-state index in [1.807, 2.05) is 45.0 Å². The van der Waals surface area contributed by atoms with E-state index in [2.05, 4.69) is 81.9 Å². The van der Waals surface area contributed by atoms with Crippen molar-refractivity contribution < 1.29 is 117 Å². The van der Waals surface area contributed by atoms with Crippen molar-refractivity contribution in [1.29, 1.82) is 0 Å². The van der Waals surface area contributed by atoms with E-state index in [0.717, 1.165) is 112 Å². The van der Waals surface area contributed by atoms with Gasteiger partial charge in [-0.05, 0) is 285 Å². The van der Waals surface area contributed by atoms with Crippen LogP contribution in [0, 0.1) is 113 Å². The van der Waals surface area contributed by atoms with Crippen molar-refractivity contribution in [3.05, 3.63) is 154 Å². The Hall–Kier alpha value is -6.06. The number of hydrogen-bond acceptors (Lipinski definition) is 17. The molecule has 3 saturated heterocycles. The molecule has 0 aromatic heterocycles. The summed E-state index contributed by atoms with van der Waals surface area (Å²) in [4.78, 5) is 45.2. The third-order valence-corrected chi connectivity index (χ3v) is 31.9. The molecule has 670 valence electrons. The van der Waals surface area contributed by atoms with Gasteiger partial charge in [0.05, 0.1) is 65.6 Å². The van der Waals surface area contributed by atoms with Crippen molar-refractivity contribution in [2.75, 3.05) is 52.6 Å². The van der Waals surface area contributed by atoms with Crippen molar-refractivity contribution in [1.82, 2.24) is 0 Å². The summed E-state index contributed by atoms with van der Waals surface area (Å²) in [6.45, 7) is 39.4. The number of benzene rings is 4. The fraction of sp³-hybridized carbons (Fsp3) is 0.660. The van der Waals surface area contributed by atoms with E-state index in [1.165, 1.54) is 164 Å². The molecule has 122 heavy (non-hydrogen) atoms. The third-order valence-electron chi connectivity index (χ3n) is 31.5. The molecule has 0 radical (unpaired) electrons. The van der Waals surface area contributed by atoms with E-state index >= 15 is 0 Å². The van der Waals surface area contributed by atoms with Gasteiger partial charge in [-0.1, -0.05) is 157 Å². The average Bonchev–Trinajstić information content (AvgIpc) is 1.03. The number of carbonyl (C=O) groups excluding carboxylic acids is 2. The van der Waals surface area contributed by atoms with E-state index in [-0.39, 0.29) is 122 Å². The molecule has 18 atom stereocenters. The number of carbonyl (C=O) groups is 4. The predicted octanol–water partition coefficient (Wildman–Crippen LogP) is 18.6. The number of rotatable bonds is 17. The van der Waals surface area contributed by atoms with Gasteiger partial charge in [0, 0.05) is 39.3 Å². The zero-order chi connectivity index (χ0) is 85.5. The smallest absolute Gasteiger partial charge is 0.870 e. The molecule has 0 spiro atoms. The van der Waals surface area contributed by atoms with Crippen molar-refractivity contribution in [3.63, 3.8) is 0 Å². The normalized spacial score (nSPS) is 33.3. The van der Waals surface area contributed by atoms with Gasteiger partial charge < -0.3 is 78.7 Å². The number of aromatic hydroxyl groups is 2. The Morgan fingerprint density at radius 3 is 1.04 bits per heavy atom. The van der Waals surface area contributed by atoms with Gasteiger partial charge in [0.15, 0.2) is 18.9 Å². The molecule has 4 aromatic rings. The first-order valence-corrected chi connectivity index (χ1v) is 45.9. The third kappa shape index (κ3) is 21.3. The molecule has 3 heterocycles. The van der Waals surface area contributed by atoms with Gasteiger partial charge in [0.25, 0.3) is 0 Å². The number of aryl methyl sites for hydroxylation is 4. The Balaban J connectivity index is 0.000000183. The number of methoxy groups -OCH3 is 2. The number of carboxylic acid groups (broad SMARTS) is 2. The molecule has 3 aliphatic heterocycles. The van der Waals surface area contributed by atoms with Crippen molar-refractivity contribution in [2.24, 2.45) is 85.8 Å². The summed E-state index contributed by atoms with van der Waals surface area (Å²) in [7, 11) is 2.69. The first kappa shape index (κ1) is 99.7. The minimum Gasteiger partial charge on any atom is -0.870 e. The fourth-order valence-corrected chi connectivity index (χ4v) is 25.4. The SMILES string of the molecule is C=C1CCC2[C@]3(C)CO[C@@H](C4CCCC4)O[C@@H]3CC[C@@]2(C)[C@@H]1CCBr.C=C1CCC2[C@]3(C)CO[C@@H](C4CCCC4)O[C@@H]3CC[C@@]2(C)[C@@H]1CCOc1cc(C)ccc1C(=O)O.C=C1CCC2[C@]3(C)CO[C@@H](C4CCCC4)O[C@@H]3CC[C@@]2(C)[C@@H]1CCOc1cc(C)ccc1C(=O)OC.COC(=O)c1ccc(C)cc1O.Cc1ccc(C(=O)O)c(O)c1.O.[Li+].[OH-]. The number of esters is 2. The Morgan fingerprint density at radius 2 is 0.721 bits per heavy atom. The molecule has 9 aliphatic carbocycles. The topological polar surface area (TPSA) is 303 Å². The number of halogens is 1. The van der Waals surface area contributed by atoms with Crippen LogP contribution in [0.1, 0.15) is 279 Å². The number of aromatic carboxylic acids is 2. The van der Waals surface area contributed by atoms with Crippen LogP contribution in [0.25, 0.3) is 0 Å². The number of allylic oxidation sites excluding steroid dienone is 3. The summed E-state index contributed by atoms with van der Waals surface area (Å²) < 4.78 is 61.1. The largest absolute Gasteiger partial charge is 1.00 e. The predicted molar refractivity (Wildman–Crippen MR) is 471 cm³/mol. The minimum absolute atomic E-state index is 0. The summed E-state index contributed by atoms with van der Waals surface area (Å²) >= 11 is 3.69. The number of fused-ring (bicyclic) bond motifs is 9. The number of alkyl halides is 1. The Labute approximate surface area is 746 Å². The average molecular weight is 1750 g/mol.